The molecule has 184 valence electrons. The predicted molar refractivity (Wildman–Crippen MR) is 124 cm³/mol. The summed E-state index contributed by atoms with van der Waals surface area (Å²) in [6, 6.07) is 0. The van der Waals surface area contributed by atoms with Crippen LogP contribution in [0.1, 0.15) is 66.2 Å². The molecule has 0 spiro atoms. The van der Waals surface area contributed by atoms with Gasteiger partial charge in [-0.2, -0.15) is 0 Å². The molecule has 6 aliphatic rings. The third kappa shape index (κ3) is 2.47. The predicted octanol–water partition coefficient (Wildman–Crippen LogP) is 3.62. The summed E-state index contributed by atoms with van der Waals surface area (Å²) in [5.74, 6) is -1.91. The number of carbonyl (C=O) groups excluding carboxylic acids is 2. The van der Waals surface area contributed by atoms with Gasteiger partial charge in [0.05, 0.1) is 23.0 Å². The van der Waals surface area contributed by atoms with Gasteiger partial charge in [-0.25, -0.2) is 4.79 Å². The van der Waals surface area contributed by atoms with E-state index in [0.717, 1.165) is 24.0 Å². The van der Waals surface area contributed by atoms with Gasteiger partial charge in [-0.05, 0) is 63.4 Å². The number of hydrogen-bond acceptors (Lipinski definition) is 6. The lowest BCUT2D eigenvalue weighted by Gasteiger charge is -2.66. The number of Topliss-reactive ketones (excluding diaryl/α,β-unsaturated/α-hetero) is 1. The molecule has 0 aromatic rings. The maximum absolute atomic E-state index is 13.2. The zero-order chi connectivity index (χ0) is 24.3. The second kappa shape index (κ2) is 6.92. The van der Waals surface area contributed by atoms with Gasteiger partial charge < -0.3 is 19.7 Å². The Morgan fingerprint density at radius 1 is 1.09 bits per heavy atom. The summed E-state index contributed by atoms with van der Waals surface area (Å²) >= 11 is 0. The minimum atomic E-state index is -1.53. The molecule has 34 heavy (non-hydrogen) atoms. The minimum absolute atomic E-state index is 0.00930. The van der Waals surface area contributed by atoms with Crippen LogP contribution in [0.5, 0.6) is 0 Å². The highest BCUT2D eigenvalue weighted by Gasteiger charge is 2.77. The smallest absolute Gasteiger partial charge is 0.333 e. The zero-order valence-electron chi connectivity index (χ0n) is 20.6. The summed E-state index contributed by atoms with van der Waals surface area (Å²) < 4.78 is 12.1. The first-order valence-corrected chi connectivity index (χ1v) is 12.8. The van der Waals surface area contributed by atoms with Crippen molar-refractivity contribution in [2.75, 3.05) is 6.61 Å². The number of cyclic esters (lactones) is 1. The molecule has 0 amide bonds. The lowest BCUT2D eigenvalue weighted by Crippen LogP contribution is -2.74. The number of aliphatic hydroxyl groups is 2. The topological polar surface area (TPSA) is 93.1 Å². The van der Waals surface area contributed by atoms with Gasteiger partial charge in [0.15, 0.2) is 5.79 Å². The fourth-order valence-electron chi connectivity index (χ4n) is 8.90. The van der Waals surface area contributed by atoms with Gasteiger partial charge in [-0.1, -0.05) is 30.7 Å². The van der Waals surface area contributed by atoms with Gasteiger partial charge in [0, 0.05) is 30.8 Å². The number of ketones is 1. The maximum atomic E-state index is 13.2. The minimum Gasteiger partial charge on any atom is -0.458 e. The van der Waals surface area contributed by atoms with Gasteiger partial charge in [0.1, 0.15) is 11.9 Å². The first-order chi connectivity index (χ1) is 16.0. The van der Waals surface area contributed by atoms with Crippen LogP contribution in [0, 0.1) is 34.5 Å². The third-order valence-corrected chi connectivity index (χ3v) is 11.2. The molecule has 0 bridgehead atoms. The Balaban J connectivity index is 1.41. The molecule has 6 nitrogen and oxygen atoms in total. The first kappa shape index (κ1) is 22.7. The van der Waals surface area contributed by atoms with Gasteiger partial charge in [-0.3, -0.25) is 4.79 Å². The molecule has 6 heteroatoms. The average Bonchev–Trinajstić information content (AvgIpc) is 3.07. The van der Waals surface area contributed by atoms with E-state index in [1.54, 1.807) is 6.92 Å². The number of rotatable bonds is 1. The van der Waals surface area contributed by atoms with Crippen molar-refractivity contribution in [3.05, 3.63) is 34.9 Å². The van der Waals surface area contributed by atoms with Crippen molar-refractivity contribution in [1.29, 1.82) is 0 Å². The van der Waals surface area contributed by atoms with E-state index in [4.69, 9.17) is 9.47 Å². The fraction of sp³-hybridized carbons (Fsp3) is 0.714. The molecule has 2 heterocycles. The Kier molecular flexibility index (Phi) is 4.62. The van der Waals surface area contributed by atoms with E-state index in [1.165, 1.54) is 0 Å². The Bertz CT molecular complexity index is 1070. The van der Waals surface area contributed by atoms with E-state index in [-0.39, 0.29) is 36.1 Å². The Morgan fingerprint density at radius 2 is 1.85 bits per heavy atom. The van der Waals surface area contributed by atoms with Crippen LogP contribution in [0.2, 0.25) is 0 Å². The molecule has 0 radical (unpaired) electrons. The summed E-state index contributed by atoms with van der Waals surface area (Å²) in [6.45, 7) is 7.87. The number of fused-ring (bicyclic) bond motifs is 4. The highest BCUT2D eigenvalue weighted by molar-refractivity contribution is 5.92. The molecule has 0 aromatic carbocycles. The van der Waals surface area contributed by atoms with Crippen molar-refractivity contribution in [1.82, 2.24) is 0 Å². The van der Waals surface area contributed by atoms with Crippen LogP contribution >= 0.6 is 0 Å². The molecule has 3 fully saturated rings. The van der Waals surface area contributed by atoms with Crippen molar-refractivity contribution < 1.29 is 29.3 Å². The van der Waals surface area contributed by atoms with Gasteiger partial charge in [-0.15, -0.1) is 0 Å². The van der Waals surface area contributed by atoms with Crippen molar-refractivity contribution in [2.45, 2.75) is 83.7 Å². The molecule has 0 aromatic heterocycles. The molecule has 2 N–H and O–H groups in total. The van der Waals surface area contributed by atoms with E-state index in [9.17, 15) is 19.8 Å². The Hall–Kier alpha value is -1.76. The van der Waals surface area contributed by atoms with E-state index in [0.29, 0.717) is 31.3 Å². The molecule has 9 unspecified atom stereocenters. The fourth-order valence-corrected chi connectivity index (χ4v) is 8.90. The lowest BCUT2D eigenvalue weighted by molar-refractivity contribution is -0.395. The van der Waals surface area contributed by atoms with Gasteiger partial charge in [0.2, 0.25) is 0 Å². The van der Waals surface area contributed by atoms with Crippen LogP contribution in [0.15, 0.2) is 34.9 Å². The Morgan fingerprint density at radius 3 is 2.59 bits per heavy atom. The Labute approximate surface area is 201 Å². The molecule has 6 rings (SSSR count). The molecular formula is C28H36O6. The largest absolute Gasteiger partial charge is 0.458 e. The molecule has 2 aliphatic heterocycles. The van der Waals surface area contributed by atoms with Crippen LogP contribution < -0.4 is 0 Å². The van der Waals surface area contributed by atoms with Crippen LogP contribution in [0.4, 0.5) is 0 Å². The van der Waals surface area contributed by atoms with Crippen molar-refractivity contribution in [3.8, 4) is 0 Å². The van der Waals surface area contributed by atoms with Crippen molar-refractivity contribution in [3.63, 3.8) is 0 Å². The molecule has 1 saturated heterocycles. The van der Waals surface area contributed by atoms with Crippen LogP contribution in [-0.2, 0) is 19.1 Å². The summed E-state index contributed by atoms with van der Waals surface area (Å²) in [4.78, 5) is 25.7. The number of allylic oxidation sites excluding steroid dienone is 4. The maximum Gasteiger partial charge on any atom is 0.333 e. The van der Waals surface area contributed by atoms with Gasteiger partial charge >= 0.3 is 5.97 Å². The molecule has 2 saturated carbocycles. The average molecular weight is 469 g/mol. The number of ether oxygens (including phenoxy) is 2. The second-order valence-electron chi connectivity index (χ2n) is 12.1. The summed E-state index contributed by atoms with van der Waals surface area (Å²) in [6.07, 6.45) is 9.21. The van der Waals surface area contributed by atoms with Crippen molar-refractivity contribution >= 4 is 11.8 Å². The summed E-state index contributed by atoms with van der Waals surface area (Å²) in [5.41, 5.74) is -0.0735. The molecular weight excluding hydrogens is 432 g/mol. The first-order valence-electron chi connectivity index (χ1n) is 12.8. The number of esters is 1. The van der Waals surface area contributed by atoms with E-state index in [1.807, 2.05) is 26.8 Å². The molecule has 4 aliphatic carbocycles. The van der Waals surface area contributed by atoms with E-state index >= 15 is 0 Å². The zero-order valence-corrected chi connectivity index (χ0v) is 20.6. The number of hydrogen-bond donors (Lipinski definition) is 2. The van der Waals surface area contributed by atoms with E-state index in [2.05, 4.69) is 12.2 Å². The van der Waals surface area contributed by atoms with Crippen LogP contribution in [0.25, 0.3) is 0 Å². The number of carbonyl (C=O) groups is 2. The van der Waals surface area contributed by atoms with E-state index < -0.39 is 34.2 Å². The van der Waals surface area contributed by atoms with Crippen LogP contribution in [-0.4, -0.2) is 46.1 Å². The van der Waals surface area contributed by atoms with Crippen LogP contribution in [0.3, 0.4) is 0 Å². The standard InChI is InChI=1S/C28H36O6/c1-15-12-22(34-24(30)16(15)2)21-14-33-28(32)13-20-18(19-10-11-27(21,31)26(19,28)4)9-8-17-6-5-7-23(29)25(17,20)3/h5-6,8,18-22,31-32H,7,9-14H2,1-4H3. The third-order valence-electron chi connectivity index (χ3n) is 11.2. The quantitative estimate of drug-likeness (QED) is 0.571. The highest BCUT2D eigenvalue weighted by Crippen LogP contribution is 2.72. The monoisotopic (exact) mass is 468 g/mol. The van der Waals surface area contributed by atoms with Gasteiger partial charge in [0.25, 0.3) is 0 Å². The second-order valence-corrected chi connectivity index (χ2v) is 12.1. The lowest BCUT2D eigenvalue weighted by atomic mass is 9.44. The molecule has 9 atom stereocenters. The normalized spacial score (nSPS) is 51.9. The highest BCUT2D eigenvalue weighted by atomic mass is 16.6. The summed E-state index contributed by atoms with van der Waals surface area (Å²) in [7, 11) is 0. The SMILES string of the molecule is CC1=C(C)C(=O)OC(C2COC3(O)CC4C(CC=C5C=CCC(=O)C54C)C4CCC2(O)C43C)C1. The van der Waals surface area contributed by atoms with Crippen molar-refractivity contribution in [2.24, 2.45) is 34.5 Å². The summed E-state index contributed by atoms with van der Waals surface area (Å²) in [5, 5.41) is 24.5.